The third kappa shape index (κ3) is 4.58. The molecule has 1 aromatic carbocycles. The van der Waals surface area contributed by atoms with E-state index in [2.05, 4.69) is 42.3 Å². The van der Waals surface area contributed by atoms with E-state index in [1.165, 1.54) is 22.9 Å². The van der Waals surface area contributed by atoms with Gasteiger partial charge in [0, 0.05) is 11.1 Å². The highest BCUT2D eigenvalue weighted by molar-refractivity contribution is 8.01. The first-order chi connectivity index (χ1) is 9.95. The van der Waals surface area contributed by atoms with Crippen molar-refractivity contribution in [3.8, 4) is 0 Å². The molecule has 0 aliphatic heterocycles. The number of nitrogens with zero attached hydrogens (tertiary/aromatic N) is 1. The largest absolute Gasteiger partial charge is 0.349 e. The number of carbonyl (C=O) groups excluding carboxylic acids is 1. The van der Waals surface area contributed by atoms with E-state index in [4.69, 9.17) is 0 Å². The van der Waals surface area contributed by atoms with Crippen molar-refractivity contribution in [3.63, 3.8) is 0 Å². The molecule has 0 aliphatic carbocycles. The first-order valence-corrected chi connectivity index (χ1v) is 8.73. The van der Waals surface area contributed by atoms with Crippen molar-refractivity contribution >= 4 is 29.0 Å². The van der Waals surface area contributed by atoms with E-state index in [0.29, 0.717) is 5.75 Å². The number of nitrogens with one attached hydrogen (secondary N) is 1. The van der Waals surface area contributed by atoms with E-state index in [-0.39, 0.29) is 11.9 Å². The predicted molar refractivity (Wildman–Crippen MR) is 90.0 cm³/mol. The Kier molecular flexibility index (Phi) is 5.42. The van der Waals surface area contributed by atoms with Crippen LogP contribution in [-0.2, 0) is 4.79 Å². The van der Waals surface area contributed by atoms with Crippen LogP contribution in [0.3, 0.4) is 0 Å². The monoisotopic (exact) mass is 320 g/mol. The summed E-state index contributed by atoms with van der Waals surface area (Å²) in [4.78, 5) is 16.3. The molecule has 112 valence electrons. The van der Waals surface area contributed by atoms with Gasteiger partial charge in [0.25, 0.3) is 0 Å². The average Bonchev–Trinajstić information content (AvgIpc) is 2.85. The summed E-state index contributed by atoms with van der Waals surface area (Å²) >= 11 is 3.07. The Morgan fingerprint density at radius 2 is 2.10 bits per heavy atom. The summed E-state index contributed by atoms with van der Waals surface area (Å²) in [6, 6.07) is 6.33. The number of thiazole rings is 1. The van der Waals surface area contributed by atoms with Crippen molar-refractivity contribution in [1.29, 1.82) is 0 Å². The van der Waals surface area contributed by atoms with Gasteiger partial charge < -0.3 is 5.32 Å². The number of aryl methyl sites for hydroxylation is 3. The van der Waals surface area contributed by atoms with Gasteiger partial charge in [-0.3, -0.25) is 4.79 Å². The third-order valence-corrected chi connectivity index (χ3v) is 5.47. The van der Waals surface area contributed by atoms with Gasteiger partial charge in [-0.25, -0.2) is 4.98 Å². The van der Waals surface area contributed by atoms with Gasteiger partial charge in [0.1, 0.15) is 0 Å². The Hall–Kier alpha value is -1.33. The summed E-state index contributed by atoms with van der Waals surface area (Å²) in [6.07, 6.45) is 0. The first-order valence-electron chi connectivity index (χ1n) is 6.87. The molecule has 21 heavy (non-hydrogen) atoms. The molecule has 0 saturated heterocycles. The zero-order valence-corrected chi connectivity index (χ0v) is 14.4. The number of carbonyl (C=O) groups is 1. The standard InChI is InChI=1S/C16H20N2OS2/c1-10-5-6-14(7-11(10)2)13(4)18-15(19)9-21-16-17-12(3)8-20-16/h5-8,13H,9H2,1-4H3,(H,18,19). The van der Waals surface area contributed by atoms with E-state index >= 15 is 0 Å². The molecule has 3 nitrogen and oxygen atoms in total. The SMILES string of the molecule is Cc1csc(SCC(=O)NC(C)c2ccc(C)c(C)c2)n1. The molecular formula is C16H20N2OS2. The molecule has 0 bridgehead atoms. The molecule has 2 aromatic rings. The summed E-state index contributed by atoms with van der Waals surface area (Å²) in [5, 5.41) is 5.03. The summed E-state index contributed by atoms with van der Waals surface area (Å²) in [5.41, 5.74) is 4.67. The van der Waals surface area contributed by atoms with Crippen molar-refractivity contribution in [2.75, 3.05) is 5.75 Å². The van der Waals surface area contributed by atoms with Crippen LogP contribution in [0.5, 0.6) is 0 Å². The number of hydrogen-bond donors (Lipinski definition) is 1. The second kappa shape index (κ2) is 7.09. The van der Waals surface area contributed by atoms with Crippen molar-refractivity contribution in [1.82, 2.24) is 10.3 Å². The number of aromatic nitrogens is 1. The Morgan fingerprint density at radius 3 is 2.71 bits per heavy atom. The third-order valence-electron chi connectivity index (χ3n) is 3.33. The maximum Gasteiger partial charge on any atom is 0.230 e. The molecule has 0 spiro atoms. The second-order valence-electron chi connectivity index (χ2n) is 5.18. The lowest BCUT2D eigenvalue weighted by atomic mass is 10.0. The van der Waals surface area contributed by atoms with Crippen LogP contribution < -0.4 is 5.32 Å². The number of hydrogen-bond acceptors (Lipinski definition) is 4. The fraction of sp³-hybridized carbons (Fsp3) is 0.375. The molecule has 1 N–H and O–H groups in total. The Bertz CT molecular complexity index is 637. The summed E-state index contributed by atoms with van der Waals surface area (Å²) in [7, 11) is 0. The summed E-state index contributed by atoms with van der Waals surface area (Å²) in [5.74, 6) is 0.445. The Labute approximate surface area is 134 Å². The van der Waals surface area contributed by atoms with Crippen LogP contribution in [-0.4, -0.2) is 16.6 Å². The molecule has 2 rings (SSSR count). The zero-order chi connectivity index (χ0) is 15.4. The van der Waals surface area contributed by atoms with Crippen LogP contribution in [0.25, 0.3) is 0 Å². The molecule has 5 heteroatoms. The maximum absolute atomic E-state index is 12.0. The van der Waals surface area contributed by atoms with Crippen molar-refractivity contribution in [2.45, 2.75) is 38.1 Å². The average molecular weight is 320 g/mol. The van der Waals surface area contributed by atoms with Gasteiger partial charge in [-0.05, 0) is 44.4 Å². The quantitative estimate of drug-likeness (QED) is 0.846. The predicted octanol–water partition coefficient (Wildman–Crippen LogP) is 4.04. The maximum atomic E-state index is 12.0. The topological polar surface area (TPSA) is 42.0 Å². The van der Waals surface area contributed by atoms with Crippen LogP contribution in [0.15, 0.2) is 27.9 Å². The van der Waals surface area contributed by atoms with Gasteiger partial charge in [-0.1, -0.05) is 30.0 Å². The smallest absolute Gasteiger partial charge is 0.230 e. The Morgan fingerprint density at radius 1 is 1.33 bits per heavy atom. The minimum Gasteiger partial charge on any atom is -0.349 e. The van der Waals surface area contributed by atoms with Gasteiger partial charge in [0.2, 0.25) is 5.91 Å². The van der Waals surface area contributed by atoms with Gasteiger partial charge in [-0.15, -0.1) is 11.3 Å². The van der Waals surface area contributed by atoms with E-state index in [1.807, 2.05) is 19.2 Å². The minimum absolute atomic E-state index is 0.0235. The number of amides is 1. The van der Waals surface area contributed by atoms with E-state index < -0.39 is 0 Å². The number of thioether (sulfide) groups is 1. The molecule has 1 aromatic heterocycles. The van der Waals surface area contributed by atoms with E-state index in [0.717, 1.165) is 15.6 Å². The van der Waals surface area contributed by atoms with Gasteiger partial charge >= 0.3 is 0 Å². The van der Waals surface area contributed by atoms with E-state index in [1.54, 1.807) is 11.3 Å². The Balaban J connectivity index is 1.88. The van der Waals surface area contributed by atoms with Gasteiger partial charge in [-0.2, -0.15) is 0 Å². The van der Waals surface area contributed by atoms with Crippen molar-refractivity contribution in [3.05, 3.63) is 46.0 Å². The van der Waals surface area contributed by atoms with Crippen LogP contribution in [0.1, 0.15) is 35.3 Å². The fourth-order valence-corrected chi connectivity index (χ4v) is 3.59. The fourth-order valence-electron chi connectivity index (χ4n) is 1.93. The molecule has 1 heterocycles. The highest BCUT2D eigenvalue weighted by Crippen LogP contribution is 2.22. The zero-order valence-electron chi connectivity index (χ0n) is 12.8. The molecule has 0 radical (unpaired) electrons. The van der Waals surface area contributed by atoms with Crippen LogP contribution in [0.4, 0.5) is 0 Å². The molecule has 0 saturated carbocycles. The highest BCUT2D eigenvalue weighted by Gasteiger charge is 2.11. The number of rotatable bonds is 5. The lowest BCUT2D eigenvalue weighted by Gasteiger charge is -2.15. The van der Waals surface area contributed by atoms with Crippen LogP contribution in [0.2, 0.25) is 0 Å². The molecule has 1 atom stereocenters. The normalized spacial score (nSPS) is 12.2. The lowest BCUT2D eigenvalue weighted by molar-refractivity contribution is -0.119. The minimum atomic E-state index is 0.0235. The highest BCUT2D eigenvalue weighted by atomic mass is 32.2. The van der Waals surface area contributed by atoms with Gasteiger partial charge in [0.15, 0.2) is 4.34 Å². The summed E-state index contributed by atoms with van der Waals surface area (Å²) < 4.78 is 0.946. The number of benzene rings is 1. The molecule has 0 aliphatic rings. The van der Waals surface area contributed by atoms with Crippen molar-refractivity contribution in [2.24, 2.45) is 0 Å². The van der Waals surface area contributed by atoms with Crippen LogP contribution in [0, 0.1) is 20.8 Å². The van der Waals surface area contributed by atoms with Gasteiger partial charge in [0.05, 0.1) is 11.8 Å². The second-order valence-corrected chi connectivity index (χ2v) is 7.26. The lowest BCUT2D eigenvalue weighted by Crippen LogP contribution is -2.28. The van der Waals surface area contributed by atoms with Crippen molar-refractivity contribution < 1.29 is 4.79 Å². The molecule has 0 fully saturated rings. The van der Waals surface area contributed by atoms with E-state index in [9.17, 15) is 4.79 Å². The molecular weight excluding hydrogens is 300 g/mol. The molecule has 1 amide bonds. The first kappa shape index (κ1) is 16.0. The summed E-state index contributed by atoms with van der Waals surface area (Å²) in [6.45, 7) is 8.16. The van der Waals surface area contributed by atoms with Crippen LogP contribution >= 0.6 is 23.1 Å². The molecule has 1 unspecified atom stereocenters.